The van der Waals surface area contributed by atoms with E-state index in [1.165, 1.54) is 28.3 Å². The minimum Gasteiger partial charge on any atom is -0.292 e. The van der Waals surface area contributed by atoms with Gasteiger partial charge in [-0.2, -0.15) is 0 Å². The smallest absolute Gasteiger partial charge is 0.253 e. The summed E-state index contributed by atoms with van der Waals surface area (Å²) in [7, 11) is 0. The van der Waals surface area contributed by atoms with E-state index in [-0.39, 0.29) is 17.9 Å². The topological polar surface area (TPSA) is 52.0 Å². The summed E-state index contributed by atoms with van der Waals surface area (Å²) in [5.74, 6) is -0.128. The van der Waals surface area contributed by atoms with Crippen LogP contribution in [-0.4, -0.2) is 15.3 Å². The third-order valence-corrected chi connectivity index (χ3v) is 4.63. The first-order valence-electron chi connectivity index (χ1n) is 4.98. The zero-order valence-corrected chi connectivity index (χ0v) is 13.3. The SMILES string of the molecule is Cc1cc(=O)n(CC(=O)c2cc(Br)sc2Br)cn1. The number of thiophene rings is 1. The van der Waals surface area contributed by atoms with Crippen LogP contribution in [0.1, 0.15) is 16.1 Å². The second-order valence-corrected chi connectivity index (χ2v) is 7.41. The molecule has 4 nitrogen and oxygen atoms in total. The summed E-state index contributed by atoms with van der Waals surface area (Å²) in [6, 6.07) is 3.15. The quantitative estimate of drug-likeness (QED) is 0.755. The van der Waals surface area contributed by atoms with Crippen molar-refractivity contribution in [3.63, 3.8) is 0 Å². The number of carbonyl (C=O) groups excluding carboxylic acids is 1. The Hall–Kier alpha value is -0.790. The fourth-order valence-corrected chi connectivity index (χ4v) is 4.26. The first kappa shape index (κ1) is 13.6. The van der Waals surface area contributed by atoms with Gasteiger partial charge >= 0.3 is 0 Å². The fraction of sp³-hybridized carbons (Fsp3) is 0.182. The maximum atomic E-state index is 12.1. The molecule has 2 heterocycles. The van der Waals surface area contributed by atoms with Crippen molar-refractivity contribution in [2.75, 3.05) is 0 Å². The molecular formula is C11H8Br2N2O2S. The van der Waals surface area contributed by atoms with E-state index >= 15 is 0 Å². The Kier molecular flexibility index (Phi) is 4.14. The van der Waals surface area contributed by atoms with Gasteiger partial charge in [0.2, 0.25) is 0 Å². The average molecular weight is 392 g/mol. The van der Waals surface area contributed by atoms with Crippen molar-refractivity contribution in [2.45, 2.75) is 13.5 Å². The van der Waals surface area contributed by atoms with Gasteiger partial charge in [0, 0.05) is 17.3 Å². The molecule has 94 valence electrons. The number of carbonyl (C=O) groups is 1. The number of hydrogen-bond donors (Lipinski definition) is 0. The molecule has 2 aromatic rings. The Morgan fingerprint density at radius 1 is 1.44 bits per heavy atom. The van der Waals surface area contributed by atoms with Gasteiger partial charge in [-0.15, -0.1) is 11.3 Å². The minimum absolute atomic E-state index is 0.00606. The highest BCUT2D eigenvalue weighted by atomic mass is 79.9. The molecule has 2 rings (SSSR count). The van der Waals surface area contributed by atoms with Crippen LogP contribution in [0.2, 0.25) is 0 Å². The summed E-state index contributed by atoms with van der Waals surface area (Å²) in [4.78, 5) is 27.7. The summed E-state index contributed by atoms with van der Waals surface area (Å²) < 4.78 is 2.92. The largest absolute Gasteiger partial charge is 0.292 e. The van der Waals surface area contributed by atoms with E-state index in [1.54, 1.807) is 13.0 Å². The number of aromatic nitrogens is 2. The maximum absolute atomic E-state index is 12.1. The van der Waals surface area contributed by atoms with E-state index < -0.39 is 0 Å². The lowest BCUT2D eigenvalue weighted by atomic mass is 10.2. The summed E-state index contributed by atoms with van der Waals surface area (Å²) in [5.41, 5.74) is 0.990. The van der Waals surface area contributed by atoms with Crippen molar-refractivity contribution < 1.29 is 4.79 Å². The van der Waals surface area contributed by atoms with Crippen molar-refractivity contribution in [1.82, 2.24) is 9.55 Å². The van der Waals surface area contributed by atoms with Crippen molar-refractivity contribution in [1.29, 1.82) is 0 Å². The van der Waals surface area contributed by atoms with Gasteiger partial charge in [0.05, 0.1) is 20.4 Å². The molecule has 0 radical (unpaired) electrons. The van der Waals surface area contributed by atoms with Gasteiger partial charge in [-0.25, -0.2) is 4.98 Å². The Labute approximate surface area is 124 Å². The van der Waals surface area contributed by atoms with Gasteiger partial charge in [0.1, 0.15) is 0 Å². The third kappa shape index (κ3) is 2.96. The van der Waals surface area contributed by atoms with Gasteiger partial charge in [-0.3, -0.25) is 14.2 Å². The molecule has 0 unspecified atom stereocenters. The van der Waals surface area contributed by atoms with Crippen LogP contribution in [0.15, 0.2) is 30.8 Å². The van der Waals surface area contributed by atoms with Gasteiger partial charge in [0.25, 0.3) is 5.56 Å². The minimum atomic E-state index is -0.221. The molecule has 0 aliphatic rings. The maximum Gasteiger partial charge on any atom is 0.253 e. The molecule has 0 N–H and O–H groups in total. The molecule has 18 heavy (non-hydrogen) atoms. The van der Waals surface area contributed by atoms with Crippen LogP contribution in [0, 0.1) is 6.92 Å². The van der Waals surface area contributed by atoms with E-state index in [0.29, 0.717) is 11.3 Å². The summed E-state index contributed by atoms with van der Waals surface area (Å²) in [5, 5.41) is 0. The average Bonchev–Trinajstić information content (AvgIpc) is 2.62. The lowest BCUT2D eigenvalue weighted by Crippen LogP contribution is -2.24. The van der Waals surface area contributed by atoms with Gasteiger partial charge in [-0.1, -0.05) is 0 Å². The van der Waals surface area contributed by atoms with Gasteiger partial charge in [0.15, 0.2) is 5.78 Å². The van der Waals surface area contributed by atoms with E-state index in [9.17, 15) is 9.59 Å². The normalized spacial score (nSPS) is 10.6. The Morgan fingerprint density at radius 2 is 2.17 bits per heavy atom. The third-order valence-electron chi connectivity index (χ3n) is 2.29. The Balaban J connectivity index is 2.27. The molecule has 0 saturated heterocycles. The molecule has 0 aromatic carbocycles. The molecule has 0 aliphatic heterocycles. The van der Waals surface area contributed by atoms with Crippen molar-refractivity contribution in [3.05, 3.63) is 47.6 Å². The fourth-order valence-electron chi connectivity index (χ4n) is 1.41. The zero-order valence-electron chi connectivity index (χ0n) is 9.31. The number of halogens is 2. The molecule has 0 bridgehead atoms. The molecule has 0 saturated carbocycles. The van der Waals surface area contributed by atoms with Crippen LogP contribution in [-0.2, 0) is 6.54 Å². The van der Waals surface area contributed by atoms with Crippen LogP contribution in [0.5, 0.6) is 0 Å². The van der Waals surface area contributed by atoms with Crippen molar-refractivity contribution in [2.24, 2.45) is 0 Å². The predicted molar refractivity (Wildman–Crippen MR) is 77.3 cm³/mol. The van der Waals surface area contributed by atoms with Gasteiger partial charge < -0.3 is 0 Å². The van der Waals surface area contributed by atoms with E-state index in [1.807, 2.05) is 0 Å². The molecule has 0 amide bonds. The Bertz CT molecular complexity index is 663. The second-order valence-electron chi connectivity index (χ2n) is 3.66. The molecule has 7 heteroatoms. The van der Waals surface area contributed by atoms with Crippen LogP contribution < -0.4 is 5.56 Å². The highest BCUT2D eigenvalue weighted by Crippen LogP contribution is 2.32. The van der Waals surface area contributed by atoms with Crippen LogP contribution in [0.25, 0.3) is 0 Å². The highest BCUT2D eigenvalue weighted by molar-refractivity contribution is 9.12. The predicted octanol–water partition coefficient (Wildman–Crippen LogP) is 3.02. The zero-order chi connectivity index (χ0) is 13.3. The number of Topliss-reactive ketones (excluding diaryl/α,β-unsaturated/α-hetero) is 1. The monoisotopic (exact) mass is 390 g/mol. The van der Waals surface area contributed by atoms with E-state index in [2.05, 4.69) is 36.8 Å². The van der Waals surface area contributed by atoms with Gasteiger partial charge in [-0.05, 0) is 44.8 Å². The number of ketones is 1. The summed E-state index contributed by atoms with van der Waals surface area (Å²) in [6.45, 7) is 1.73. The molecule has 0 spiro atoms. The standard InChI is InChI=1S/C11H8Br2N2O2S/c1-6-2-10(17)15(5-14-6)4-8(16)7-3-9(12)18-11(7)13/h2-3,5H,4H2,1H3. The van der Waals surface area contributed by atoms with Crippen LogP contribution in [0.4, 0.5) is 0 Å². The molecular weight excluding hydrogens is 384 g/mol. The Morgan fingerprint density at radius 3 is 2.72 bits per heavy atom. The highest BCUT2D eigenvalue weighted by Gasteiger charge is 2.14. The molecule has 0 atom stereocenters. The van der Waals surface area contributed by atoms with Crippen molar-refractivity contribution >= 4 is 49.0 Å². The summed E-state index contributed by atoms with van der Waals surface area (Å²) in [6.07, 6.45) is 1.39. The second kappa shape index (κ2) is 5.46. The van der Waals surface area contributed by atoms with E-state index in [0.717, 1.165) is 7.57 Å². The first-order valence-corrected chi connectivity index (χ1v) is 7.39. The molecule has 0 fully saturated rings. The number of rotatable bonds is 3. The van der Waals surface area contributed by atoms with Crippen molar-refractivity contribution in [3.8, 4) is 0 Å². The lowest BCUT2D eigenvalue weighted by molar-refractivity contribution is 0.0970. The summed E-state index contributed by atoms with van der Waals surface area (Å²) >= 11 is 8.07. The molecule has 2 aromatic heterocycles. The first-order chi connectivity index (χ1) is 8.47. The van der Waals surface area contributed by atoms with Crippen LogP contribution >= 0.6 is 43.2 Å². The number of nitrogens with zero attached hydrogens (tertiary/aromatic N) is 2. The lowest BCUT2D eigenvalue weighted by Gasteiger charge is -2.03. The van der Waals surface area contributed by atoms with Crippen LogP contribution in [0.3, 0.4) is 0 Å². The van der Waals surface area contributed by atoms with E-state index in [4.69, 9.17) is 0 Å². The number of hydrogen-bond acceptors (Lipinski definition) is 4. The molecule has 0 aliphatic carbocycles. The number of aryl methyl sites for hydroxylation is 1.